The zero-order valence-electron chi connectivity index (χ0n) is 14.2. The Hall–Kier alpha value is -3.43. The Labute approximate surface area is 152 Å². The van der Waals surface area contributed by atoms with Crippen molar-refractivity contribution in [1.82, 2.24) is 5.32 Å². The van der Waals surface area contributed by atoms with Crippen molar-refractivity contribution >= 4 is 11.9 Å². The van der Waals surface area contributed by atoms with Crippen LogP contribution in [0.25, 0.3) is 0 Å². The molecule has 0 saturated heterocycles. The van der Waals surface area contributed by atoms with Gasteiger partial charge in [0.1, 0.15) is 0 Å². The molecule has 2 rings (SSSR count). The minimum Gasteiger partial charge on any atom is -0.619 e. The summed E-state index contributed by atoms with van der Waals surface area (Å²) in [7, 11) is 1.30. The molecule has 1 N–H and O–H groups in total. The molecular weight excluding hydrogens is 366 g/mol. The lowest BCUT2D eigenvalue weighted by molar-refractivity contribution is -0.605. The molecular formula is C17H16F2N2O6. The minimum atomic E-state index is -2.98. The number of alkyl halides is 2. The van der Waals surface area contributed by atoms with E-state index in [2.05, 4.69) is 10.1 Å². The van der Waals surface area contributed by atoms with Crippen LogP contribution in [0.5, 0.6) is 11.5 Å². The van der Waals surface area contributed by atoms with Crippen LogP contribution in [0, 0.1) is 5.21 Å². The van der Waals surface area contributed by atoms with Gasteiger partial charge >= 0.3 is 12.6 Å². The predicted molar refractivity (Wildman–Crippen MR) is 87.2 cm³/mol. The highest BCUT2D eigenvalue weighted by atomic mass is 19.3. The van der Waals surface area contributed by atoms with Crippen LogP contribution in [-0.2, 0) is 16.1 Å². The Morgan fingerprint density at radius 2 is 1.89 bits per heavy atom. The molecule has 1 aromatic carbocycles. The molecule has 0 spiro atoms. The van der Waals surface area contributed by atoms with Crippen LogP contribution >= 0.6 is 0 Å². The zero-order chi connectivity index (χ0) is 19.8. The van der Waals surface area contributed by atoms with Gasteiger partial charge in [-0.05, 0) is 17.7 Å². The molecule has 0 aliphatic carbocycles. The van der Waals surface area contributed by atoms with Crippen molar-refractivity contribution < 1.29 is 37.3 Å². The molecule has 0 radical (unpaired) electrons. The third kappa shape index (κ3) is 6.10. The summed E-state index contributed by atoms with van der Waals surface area (Å²) < 4.78 is 39.2. The van der Waals surface area contributed by atoms with E-state index < -0.39 is 25.1 Å². The number of carbonyl (C=O) groups is 2. The zero-order valence-corrected chi connectivity index (χ0v) is 14.2. The van der Waals surface area contributed by atoms with Gasteiger partial charge in [0.05, 0.1) is 12.7 Å². The Balaban J connectivity index is 1.84. The topological polar surface area (TPSA) is 101 Å². The lowest BCUT2D eigenvalue weighted by Gasteiger charge is -2.12. The Morgan fingerprint density at radius 1 is 1.19 bits per heavy atom. The van der Waals surface area contributed by atoms with Crippen LogP contribution in [0.15, 0.2) is 42.7 Å². The molecule has 144 valence electrons. The Kier molecular flexibility index (Phi) is 6.86. The van der Waals surface area contributed by atoms with E-state index >= 15 is 0 Å². The smallest absolute Gasteiger partial charge is 0.387 e. The van der Waals surface area contributed by atoms with Crippen molar-refractivity contribution in [1.29, 1.82) is 0 Å². The van der Waals surface area contributed by atoms with Gasteiger partial charge in [-0.2, -0.15) is 13.5 Å². The van der Waals surface area contributed by atoms with Crippen LogP contribution < -0.4 is 19.5 Å². The summed E-state index contributed by atoms with van der Waals surface area (Å²) in [4.78, 5) is 23.5. The van der Waals surface area contributed by atoms with Gasteiger partial charge < -0.3 is 24.7 Å². The number of pyridine rings is 1. The molecule has 10 heteroatoms. The van der Waals surface area contributed by atoms with Gasteiger partial charge in [0.2, 0.25) is 0 Å². The highest BCUT2D eigenvalue weighted by Crippen LogP contribution is 2.29. The summed E-state index contributed by atoms with van der Waals surface area (Å²) >= 11 is 0. The molecule has 8 nitrogen and oxygen atoms in total. The number of nitrogens with zero attached hydrogens (tertiary/aromatic N) is 1. The first-order valence-corrected chi connectivity index (χ1v) is 7.63. The summed E-state index contributed by atoms with van der Waals surface area (Å²) in [5.74, 6) is -1.35. The van der Waals surface area contributed by atoms with Gasteiger partial charge in [-0.1, -0.05) is 6.07 Å². The molecule has 0 saturated carbocycles. The van der Waals surface area contributed by atoms with E-state index in [1.54, 1.807) is 0 Å². The number of nitrogens with one attached hydrogen (secondary N) is 1. The maximum absolute atomic E-state index is 12.3. The third-order valence-corrected chi connectivity index (χ3v) is 3.31. The summed E-state index contributed by atoms with van der Waals surface area (Å²) in [6, 6.07) is 6.75. The summed E-state index contributed by atoms with van der Waals surface area (Å²) in [6.07, 6.45) is 2.26. The number of esters is 1. The number of ether oxygens (including phenoxy) is 3. The Bertz CT molecular complexity index is 799. The first kappa shape index (κ1) is 19.9. The number of methoxy groups -OCH3 is 1. The van der Waals surface area contributed by atoms with E-state index in [-0.39, 0.29) is 23.6 Å². The summed E-state index contributed by atoms with van der Waals surface area (Å²) in [5, 5.41) is 13.4. The number of rotatable bonds is 8. The van der Waals surface area contributed by atoms with Crippen molar-refractivity contribution in [2.45, 2.75) is 13.2 Å². The Morgan fingerprint density at radius 3 is 2.52 bits per heavy atom. The van der Waals surface area contributed by atoms with Crippen LogP contribution in [-0.4, -0.2) is 32.2 Å². The second kappa shape index (κ2) is 9.32. The molecule has 1 aromatic heterocycles. The average molecular weight is 382 g/mol. The van der Waals surface area contributed by atoms with Gasteiger partial charge in [-0.3, -0.25) is 4.79 Å². The minimum absolute atomic E-state index is 0.0588. The van der Waals surface area contributed by atoms with Gasteiger partial charge in [0.25, 0.3) is 5.91 Å². The SMILES string of the molecule is COc1cc(CNC(=O)COC(=O)c2cc[n+]([O-])cc2)ccc1OC(F)F. The van der Waals surface area contributed by atoms with Crippen molar-refractivity contribution in [3.63, 3.8) is 0 Å². The van der Waals surface area contributed by atoms with Crippen molar-refractivity contribution in [3.8, 4) is 11.5 Å². The number of halogens is 2. The van der Waals surface area contributed by atoms with Crippen LogP contribution in [0.4, 0.5) is 8.78 Å². The highest BCUT2D eigenvalue weighted by Gasteiger charge is 2.13. The molecule has 0 fully saturated rings. The van der Waals surface area contributed by atoms with E-state index in [9.17, 15) is 23.6 Å². The largest absolute Gasteiger partial charge is 0.619 e. The van der Waals surface area contributed by atoms with E-state index in [4.69, 9.17) is 9.47 Å². The maximum Gasteiger partial charge on any atom is 0.387 e. The fraction of sp³-hybridized carbons (Fsp3) is 0.235. The standard InChI is InChI=1S/C17H16F2N2O6/c1-25-14-8-11(2-3-13(14)27-17(18)19)9-20-15(22)10-26-16(23)12-4-6-21(24)7-5-12/h2-8,17H,9-10H2,1H3,(H,20,22). The number of hydrogen-bond donors (Lipinski definition) is 1. The second-order valence-corrected chi connectivity index (χ2v) is 5.16. The normalized spacial score (nSPS) is 10.4. The van der Waals surface area contributed by atoms with Gasteiger partial charge in [0.15, 0.2) is 30.5 Å². The number of aromatic nitrogens is 1. The predicted octanol–water partition coefficient (Wildman–Crippen LogP) is 1.40. The number of benzene rings is 1. The molecule has 0 aliphatic heterocycles. The lowest BCUT2D eigenvalue weighted by Crippen LogP contribution is -2.29. The van der Waals surface area contributed by atoms with Gasteiger partial charge in [-0.15, -0.1) is 0 Å². The maximum atomic E-state index is 12.3. The molecule has 0 aliphatic rings. The molecule has 1 heterocycles. The fourth-order valence-electron chi connectivity index (χ4n) is 2.03. The highest BCUT2D eigenvalue weighted by molar-refractivity contribution is 5.91. The molecule has 27 heavy (non-hydrogen) atoms. The van der Waals surface area contributed by atoms with Crippen molar-refractivity contribution in [3.05, 3.63) is 59.1 Å². The lowest BCUT2D eigenvalue weighted by atomic mass is 10.2. The first-order chi connectivity index (χ1) is 12.9. The monoisotopic (exact) mass is 382 g/mol. The van der Waals surface area contributed by atoms with E-state index in [1.807, 2.05) is 0 Å². The van der Waals surface area contributed by atoms with Crippen LogP contribution in [0.1, 0.15) is 15.9 Å². The van der Waals surface area contributed by atoms with Gasteiger partial charge in [-0.25, -0.2) is 4.79 Å². The fourth-order valence-corrected chi connectivity index (χ4v) is 2.03. The molecule has 2 aromatic rings. The van der Waals surface area contributed by atoms with Crippen molar-refractivity contribution in [2.24, 2.45) is 0 Å². The van der Waals surface area contributed by atoms with E-state index in [0.29, 0.717) is 10.3 Å². The first-order valence-electron chi connectivity index (χ1n) is 7.63. The molecule has 0 unspecified atom stereocenters. The van der Waals surface area contributed by atoms with E-state index in [1.165, 1.54) is 37.4 Å². The summed E-state index contributed by atoms with van der Waals surface area (Å²) in [6.45, 7) is -3.44. The summed E-state index contributed by atoms with van der Waals surface area (Å²) in [5.41, 5.74) is 0.699. The van der Waals surface area contributed by atoms with Crippen molar-refractivity contribution in [2.75, 3.05) is 13.7 Å². The quantitative estimate of drug-likeness (QED) is 0.421. The second-order valence-electron chi connectivity index (χ2n) is 5.16. The molecule has 0 atom stereocenters. The average Bonchev–Trinajstić information content (AvgIpc) is 2.65. The third-order valence-electron chi connectivity index (χ3n) is 3.31. The number of hydrogen-bond acceptors (Lipinski definition) is 6. The van der Waals surface area contributed by atoms with E-state index in [0.717, 1.165) is 12.4 Å². The molecule has 0 bridgehead atoms. The molecule has 1 amide bonds. The van der Waals surface area contributed by atoms with Crippen LogP contribution in [0.3, 0.4) is 0 Å². The van der Waals surface area contributed by atoms with Crippen LogP contribution in [0.2, 0.25) is 0 Å². The van der Waals surface area contributed by atoms with Gasteiger partial charge in [0, 0.05) is 18.7 Å². The number of amides is 1. The number of carbonyl (C=O) groups excluding carboxylic acids is 2.